The van der Waals surface area contributed by atoms with Crippen LogP contribution in [-0.2, 0) is 6.54 Å². The summed E-state index contributed by atoms with van der Waals surface area (Å²) in [7, 11) is 1.93. The largest absolute Gasteiger partial charge is 0.384 e. The van der Waals surface area contributed by atoms with Crippen molar-refractivity contribution in [2.24, 2.45) is 0 Å². The summed E-state index contributed by atoms with van der Waals surface area (Å²) in [5.41, 5.74) is 4.24. The van der Waals surface area contributed by atoms with Gasteiger partial charge in [-0.1, -0.05) is 48.5 Å². The lowest BCUT2D eigenvalue weighted by molar-refractivity contribution is 0.219. The van der Waals surface area contributed by atoms with Gasteiger partial charge < -0.3 is 10.4 Å². The molecule has 2 nitrogen and oxygen atoms in total. The lowest BCUT2D eigenvalue weighted by Crippen LogP contribution is -2.06. The molecule has 0 aromatic heterocycles. The van der Waals surface area contributed by atoms with E-state index in [0.29, 0.717) is 0 Å². The van der Waals surface area contributed by atoms with Gasteiger partial charge >= 0.3 is 0 Å². The van der Waals surface area contributed by atoms with Crippen LogP contribution in [0.25, 0.3) is 0 Å². The Morgan fingerprint density at radius 3 is 2.33 bits per heavy atom. The Labute approximate surface area is 108 Å². The topological polar surface area (TPSA) is 32.3 Å². The van der Waals surface area contributed by atoms with E-state index in [9.17, 15) is 5.11 Å². The van der Waals surface area contributed by atoms with Crippen LogP contribution in [0.2, 0.25) is 0 Å². The molecule has 0 aliphatic heterocycles. The molecule has 2 heteroatoms. The van der Waals surface area contributed by atoms with Gasteiger partial charge in [0.2, 0.25) is 0 Å². The van der Waals surface area contributed by atoms with Crippen LogP contribution in [0, 0.1) is 6.92 Å². The van der Waals surface area contributed by atoms with Crippen LogP contribution in [0.3, 0.4) is 0 Å². The highest BCUT2D eigenvalue weighted by molar-refractivity contribution is 5.36. The van der Waals surface area contributed by atoms with Crippen LogP contribution >= 0.6 is 0 Å². The molecule has 18 heavy (non-hydrogen) atoms. The average molecular weight is 241 g/mol. The molecule has 1 unspecified atom stereocenters. The van der Waals surface area contributed by atoms with Gasteiger partial charge in [0.25, 0.3) is 0 Å². The van der Waals surface area contributed by atoms with Crippen LogP contribution in [0.15, 0.2) is 48.5 Å². The summed E-state index contributed by atoms with van der Waals surface area (Å²) in [6.45, 7) is 2.87. The predicted molar refractivity (Wildman–Crippen MR) is 74.4 cm³/mol. The van der Waals surface area contributed by atoms with Gasteiger partial charge in [0.1, 0.15) is 6.10 Å². The number of aryl methyl sites for hydroxylation is 1. The van der Waals surface area contributed by atoms with Crippen molar-refractivity contribution in [3.05, 3.63) is 70.8 Å². The molecule has 0 spiro atoms. The molecule has 0 radical (unpaired) electrons. The fraction of sp³-hybridized carbons (Fsp3) is 0.250. The van der Waals surface area contributed by atoms with E-state index in [2.05, 4.69) is 5.32 Å². The van der Waals surface area contributed by atoms with Crippen molar-refractivity contribution in [2.45, 2.75) is 19.6 Å². The number of aliphatic hydroxyl groups is 1. The second-order valence-corrected chi connectivity index (χ2v) is 4.53. The zero-order chi connectivity index (χ0) is 13.0. The molecule has 2 aromatic carbocycles. The predicted octanol–water partition coefficient (Wildman–Crippen LogP) is 2.80. The number of nitrogens with one attached hydrogen (secondary N) is 1. The highest BCUT2D eigenvalue weighted by Crippen LogP contribution is 2.24. The van der Waals surface area contributed by atoms with Gasteiger partial charge in [-0.05, 0) is 36.2 Å². The van der Waals surface area contributed by atoms with Gasteiger partial charge in [-0.15, -0.1) is 0 Å². The normalized spacial score (nSPS) is 12.4. The first-order valence-electron chi connectivity index (χ1n) is 6.19. The molecule has 0 fully saturated rings. The second-order valence-electron chi connectivity index (χ2n) is 4.53. The van der Waals surface area contributed by atoms with Crippen LogP contribution in [-0.4, -0.2) is 12.2 Å². The highest BCUT2D eigenvalue weighted by Gasteiger charge is 2.11. The number of hydrogen-bond donors (Lipinski definition) is 2. The first-order valence-corrected chi connectivity index (χ1v) is 6.19. The summed E-state index contributed by atoms with van der Waals surface area (Å²) >= 11 is 0. The summed E-state index contributed by atoms with van der Waals surface area (Å²) in [6.07, 6.45) is -0.546. The summed E-state index contributed by atoms with van der Waals surface area (Å²) in [5.74, 6) is 0. The molecular formula is C16H19NO. The van der Waals surface area contributed by atoms with Crippen molar-refractivity contribution in [3.8, 4) is 0 Å². The summed E-state index contributed by atoms with van der Waals surface area (Å²) in [6, 6.07) is 16.0. The van der Waals surface area contributed by atoms with Crippen molar-refractivity contribution >= 4 is 0 Å². The van der Waals surface area contributed by atoms with Gasteiger partial charge in [-0.3, -0.25) is 0 Å². The first kappa shape index (κ1) is 12.8. The van der Waals surface area contributed by atoms with Crippen molar-refractivity contribution in [3.63, 3.8) is 0 Å². The molecule has 94 valence electrons. The third-order valence-electron chi connectivity index (χ3n) is 3.16. The molecule has 0 bridgehead atoms. The molecule has 0 aliphatic carbocycles. The van der Waals surface area contributed by atoms with E-state index < -0.39 is 6.10 Å². The van der Waals surface area contributed by atoms with Gasteiger partial charge in [0.15, 0.2) is 0 Å². The fourth-order valence-electron chi connectivity index (χ4n) is 2.10. The monoisotopic (exact) mass is 241 g/mol. The maximum atomic E-state index is 10.4. The van der Waals surface area contributed by atoms with E-state index in [1.54, 1.807) is 0 Å². The standard InChI is InChI=1S/C16H19NO/c1-12-5-3-4-6-15(12)16(18)14-9-7-13(8-10-14)11-17-2/h3-10,16-18H,11H2,1-2H3. The molecule has 0 aliphatic rings. The van der Waals surface area contributed by atoms with Crippen molar-refractivity contribution in [1.29, 1.82) is 0 Å². The lowest BCUT2D eigenvalue weighted by atomic mass is 9.97. The van der Waals surface area contributed by atoms with Crippen LogP contribution in [0.1, 0.15) is 28.4 Å². The Morgan fingerprint density at radius 1 is 1.06 bits per heavy atom. The van der Waals surface area contributed by atoms with Crippen molar-refractivity contribution in [1.82, 2.24) is 5.32 Å². The quantitative estimate of drug-likeness (QED) is 0.862. The Morgan fingerprint density at radius 2 is 1.72 bits per heavy atom. The van der Waals surface area contributed by atoms with E-state index in [1.807, 2.05) is 62.5 Å². The van der Waals surface area contributed by atoms with Crippen LogP contribution in [0.4, 0.5) is 0 Å². The van der Waals surface area contributed by atoms with E-state index >= 15 is 0 Å². The second kappa shape index (κ2) is 5.80. The van der Waals surface area contributed by atoms with Crippen LogP contribution < -0.4 is 5.32 Å². The first-order chi connectivity index (χ1) is 8.72. The minimum atomic E-state index is -0.546. The lowest BCUT2D eigenvalue weighted by Gasteiger charge is -2.14. The average Bonchev–Trinajstić information content (AvgIpc) is 2.40. The Balaban J connectivity index is 2.23. The molecular weight excluding hydrogens is 222 g/mol. The van der Waals surface area contributed by atoms with E-state index in [4.69, 9.17) is 0 Å². The Kier molecular flexibility index (Phi) is 4.13. The Bertz CT molecular complexity index is 505. The zero-order valence-electron chi connectivity index (χ0n) is 10.9. The smallest absolute Gasteiger partial charge is 0.104 e. The van der Waals surface area contributed by atoms with Crippen molar-refractivity contribution < 1.29 is 5.11 Å². The summed E-state index contributed by atoms with van der Waals surface area (Å²) < 4.78 is 0. The summed E-state index contributed by atoms with van der Waals surface area (Å²) in [4.78, 5) is 0. The molecule has 2 rings (SSSR count). The van der Waals surface area contributed by atoms with Gasteiger partial charge in [-0.2, -0.15) is 0 Å². The van der Waals surface area contributed by atoms with Crippen molar-refractivity contribution in [2.75, 3.05) is 7.05 Å². The molecule has 0 amide bonds. The Hall–Kier alpha value is -1.64. The molecule has 0 heterocycles. The molecule has 2 aromatic rings. The van der Waals surface area contributed by atoms with E-state index in [-0.39, 0.29) is 0 Å². The number of rotatable bonds is 4. The molecule has 0 saturated heterocycles. The number of hydrogen-bond acceptors (Lipinski definition) is 2. The minimum absolute atomic E-state index is 0.546. The van der Waals surface area contributed by atoms with Gasteiger partial charge in [0.05, 0.1) is 0 Å². The van der Waals surface area contributed by atoms with Crippen LogP contribution in [0.5, 0.6) is 0 Å². The maximum absolute atomic E-state index is 10.4. The minimum Gasteiger partial charge on any atom is -0.384 e. The van der Waals surface area contributed by atoms with E-state index in [0.717, 1.165) is 23.2 Å². The third-order valence-corrected chi connectivity index (χ3v) is 3.16. The third kappa shape index (κ3) is 2.78. The highest BCUT2D eigenvalue weighted by atomic mass is 16.3. The molecule has 2 N–H and O–H groups in total. The number of benzene rings is 2. The van der Waals surface area contributed by atoms with Gasteiger partial charge in [-0.25, -0.2) is 0 Å². The fourth-order valence-corrected chi connectivity index (χ4v) is 2.10. The molecule has 1 atom stereocenters. The SMILES string of the molecule is CNCc1ccc(C(O)c2ccccc2C)cc1. The number of aliphatic hydroxyl groups excluding tert-OH is 1. The molecule has 0 saturated carbocycles. The zero-order valence-corrected chi connectivity index (χ0v) is 10.9. The summed E-state index contributed by atoms with van der Waals surface area (Å²) in [5, 5.41) is 13.5. The van der Waals surface area contributed by atoms with Gasteiger partial charge in [0, 0.05) is 6.54 Å². The maximum Gasteiger partial charge on any atom is 0.104 e. The van der Waals surface area contributed by atoms with E-state index in [1.165, 1.54) is 5.56 Å².